The Morgan fingerprint density at radius 3 is 2.55 bits per heavy atom. The Hall–Kier alpha value is -3.70. The van der Waals surface area contributed by atoms with Crippen LogP contribution in [0.15, 0.2) is 82.4 Å². The summed E-state index contributed by atoms with van der Waals surface area (Å²) in [7, 11) is -3.99. The van der Waals surface area contributed by atoms with Crippen molar-refractivity contribution in [2.75, 3.05) is 6.54 Å². The number of pyridine rings is 1. The van der Waals surface area contributed by atoms with Gasteiger partial charge in [-0.15, -0.1) is 13.2 Å². The van der Waals surface area contributed by atoms with Crippen LogP contribution in [0.3, 0.4) is 0 Å². The topological polar surface area (TPSA) is 89.7 Å². The first-order chi connectivity index (χ1) is 18.1. The van der Waals surface area contributed by atoms with Gasteiger partial charge in [0.05, 0.1) is 6.04 Å². The Morgan fingerprint density at radius 1 is 1.05 bits per heavy atom. The van der Waals surface area contributed by atoms with Crippen molar-refractivity contribution in [2.45, 2.75) is 43.2 Å². The third-order valence-corrected chi connectivity index (χ3v) is 8.17. The van der Waals surface area contributed by atoms with Crippen LogP contribution in [0, 0.1) is 0 Å². The number of rotatable bonds is 8. The third kappa shape index (κ3) is 5.58. The number of sulfonamides is 1. The van der Waals surface area contributed by atoms with Gasteiger partial charge < -0.3 is 9.15 Å². The van der Waals surface area contributed by atoms with Crippen LogP contribution in [-0.4, -0.2) is 42.4 Å². The number of Topliss-reactive ketones (excluding diaryl/α,β-unsaturated/α-hetero) is 1. The fraction of sp³-hybridized carbons (Fsp3) is 0.259. The second kappa shape index (κ2) is 10.2. The second-order valence-electron chi connectivity index (χ2n) is 8.95. The summed E-state index contributed by atoms with van der Waals surface area (Å²) in [6.45, 7) is 0.234. The Labute approximate surface area is 216 Å². The van der Waals surface area contributed by atoms with Crippen LogP contribution >= 0.6 is 0 Å². The number of alkyl halides is 3. The van der Waals surface area contributed by atoms with Crippen molar-refractivity contribution in [3.8, 4) is 16.9 Å². The monoisotopic (exact) mass is 544 g/mol. The van der Waals surface area contributed by atoms with Crippen molar-refractivity contribution in [3.05, 3.63) is 78.6 Å². The Balaban J connectivity index is 1.26. The van der Waals surface area contributed by atoms with Gasteiger partial charge in [-0.1, -0.05) is 30.3 Å². The smallest absolute Gasteiger partial charge is 0.443 e. The Morgan fingerprint density at radius 2 is 1.82 bits per heavy atom. The van der Waals surface area contributed by atoms with Crippen LogP contribution in [0.1, 0.15) is 25.0 Å². The number of halogens is 3. The van der Waals surface area contributed by atoms with Crippen molar-refractivity contribution in [2.24, 2.45) is 0 Å². The quantitative estimate of drug-likeness (QED) is 0.281. The van der Waals surface area contributed by atoms with Crippen LogP contribution in [-0.2, 0) is 21.2 Å². The number of ether oxygens (including phenoxy) is 1. The Bertz CT molecular complexity index is 1530. The lowest BCUT2D eigenvalue weighted by Gasteiger charge is -2.21. The molecule has 2 aromatic heterocycles. The van der Waals surface area contributed by atoms with Crippen LogP contribution in [0.4, 0.5) is 13.2 Å². The predicted octanol–water partition coefficient (Wildman–Crippen LogP) is 5.75. The van der Waals surface area contributed by atoms with Gasteiger partial charge in [-0.05, 0) is 60.7 Å². The van der Waals surface area contributed by atoms with Crippen molar-refractivity contribution < 1.29 is 35.5 Å². The molecule has 11 heteroatoms. The standard InChI is InChI=1S/C27H23F3N2O5S/c28-27(29,30)37-22-10-7-18(8-11-22)19-13-14-31-21(16-19)9-12-24(33)23-5-3-15-32(23)38(34,35)26-17-20-4-1-2-6-25(20)36-26/h1-2,4,6-8,10-11,13-14,16-17,23H,3,5,9,12,15H2. The summed E-state index contributed by atoms with van der Waals surface area (Å²) >= 11 is 0. The fourth-order valence-corrected chi connectivity index (χ4v) is 6.24. The summed E-state index contributed by atoms with van der Waals surface area (Å²) in [4.78, 5) is 17.4. The largest absolute Gasteiger partial charge is 0.573 e. The van der Waals surface area contributed by atoms with Crippen molar-refractivity contribution >= 4 is 26.8 Å². The highest BCUT2D eigenvalue weighted by Gasteiger charge is 2.40. The van der Waals surface area contributed by atoms with E-state index in [1.165, 1.54) is 34.6 Å². The van der Waals surface area contributed by atoms with E-state index < -0.39 is 22.4 Å². The van der Waals surface area contributed by atoms with Gasteiger partial charge in [0.25, 0.3) is 10.0 Å². The van der Waals surface area contributed by atoms with E-state index in [-0.39, 0.29) is 36.0 Å². The minimum Gasteiger partial charge on any atom is -0.443 e. The molecular weight excluding hydrogens is 521 g/mol. The van der Waals surface area contributed by atoms with Gasteiger partial charge in [-0.3, -0.25) is 9.78 Å². The van der Waals surface area contributed by atoms with Gasteiger partial charge in [0.15, 0.2) is 5.78 Å². The molecule has 0 aliphatic carbocycles. The molecule has 2 aromatic carbocycles. The van der Waals surface area contributed by atoms with Gasteiger partial charge in [0.2, 0.25) is 5.09 Å². The average molecular weight is 545 g/mol. The summed E-state index contributed by atoms with van der Waals surface area (Å²) in [5.74, 6) is -0.525. The highest BCUT2D eigenvalue weighted by molar-refractivity contribution is 7.89. The lowest BCUT2D eigenvalue weighted by molar-refractivity contribution is -0.274. The number of ketones is 1. The molecule has 0 amide bonds. The molecule has 0 saturated carbocycles. The summed E-state index contributed by atoms with van der Waals surface area (Å²) in [6.07, 6.45) is -1.83. The summed E-state index contributed by atoms with van der Waals surface area (Å²) in [6, 6.07) is 16.6. The first-order valence-corrected chi connectivity index (χ1v) is 13.4. The minimum atomic E-state index is -4.77. The van der Waals surface area contributed by atoms with Gasteiger partial charge in [0.1, 0.15) is 11.3 Å². The van der Waals surface area contributed by atoms with Gasteiger partial charge in [-0.2, -0.15) is 4.31 Å². The lowest BCUT2D eigenvalue weighted by Crippen LogP contribution is -2.40. The van der Waals surface area contributed by atoms with E-state index in [1.807, 2.05) is 0 Å². The first kappa shape index (κ1) is 25.9. The maximum atomic E-state index is 13.3. The molecular formula is C27H23F3N2O5S. The van der Waals surface area contributed by atoms with E-state index in [0.717, 1.165) is 5.56 Å². The second-order valence-corrected chi connectivity index (χ2v) is 10.8. The van der Waals surface area contributed by atoms with Gasteiger partial charge in [0, 0.05) is 36.3 Å². The maximum Gasteiger partial charge on any atom is 0.573 e. The van der Waals surface area contributed by atoms with E-state index in [9.17, 15) is 26.4 Å². The van der Waals surface area contributed by atoms with E-state index in [2.05, 4.69) is 9.72 Å². The number of para-hydroxylation sites is 1. The van der Waals surface area contributed by atoms with Crippen LogP contribution in [0.5, 0.6) is 5.75 Å². The average Bonchev–Trinajstić information content (AvgIpc) is 3.55. The zero-order valence-electron chi connectivity index (χ0n) is 20.0. The molecule has 0 N–H and O–H groups in total. The number of carbonyl (C=O) groups excluding carboxylic acids is 1. The maximum absolute atomic E-state index is 13.3. The minimum absolute atomic E-state index is 0.0889. The van der Waals surface area contributed by atoms with Gasteiger partial charge in [-0.25, -0.2) is 8.42 Å². The molecule has 198 valence electrons. The molecule has 0 radical (unpaired) electrons. The summed E-state index contributed by atoms with van der Waals surface area (Å²) in [5, 5.41) is 0.487. The van der Waals surface area contributed by atoms with Crippen LogP contribution in [0.25, 0.3) is 22.1 Å². The number of aromatic nitrogens is 1. The molecule has 1 saturated heterocycles. The number of aryl methyl sites for hydroxylation is 1. The van der Waals surface area contributed by atoms with E-state index >= 15 is 0 Å². The molecule has 7 nitrogen and oxygen atoms in total. The lowest BCUT2D eigenvalue weighted by atomic mass is 10.0. The molecule has 38 heavy (non-hydrogen) atoms. The summed E-state index contributed by atoms with van der Waals surface area (Å²) < 4.78 is 74.5. The highest BCUT2D eigenvalue weighted by Crippen LogP contribution is 2.31. The number of furan rings is 1. The number of fused-ring (bicyclic) bond motifs is 1. The molecule has 0 spiro atoms. The number of nitrogens with zero attached hydrogens (tertiary/aromatic N) is 2. The Kier molecular flexibility index (Phi) is 6.97. The number of hydrogen-bond acceptors (Lipinski definition) is 6. The fourth-order valence-electron chi connectivity index (χ4n) is 4.61. The van der Waals surface area contributed by atoms with Crippen molar-refractivity contribution in [1.82, 2.24) is 9.29 Å². The van der Waals surface area contributed by atoms with Crippen LogP contribution in [0.2, 0.25) is 0 Å². The molecule has 1 atom stereocenters. The number of carbonyl (C=O) groups is 1. The molecule has 4 aromatic rings. The molecule has 1 aliphatic rings. The SMILES string of the molecule is O=C(CCc1cc(-c2ccc(OC(F)(F)F)cc2)ccn1)C1CCCN1S(=O)(=O)c1cc2ccccc2o1. The van der Waals surface area contributed by atoms with Gasteiger partial charge >= 0.3 is 6.36 Å². The number of hydrogen-bond donors (Lipinski definition) is 0. The molecule has 0 bridgehead atoms. The van der Waals surface area contributed by atoms with E-state index in [1.54, 1.807) is 42.6 Å². The molecule has 1 aliphatic heterocycles. The van der Waals surface area contributed by atoms with Crippen LogP contribution < -0.4 is 4.74 Å². The van der Waals surface area contributed by atoms with Crippen molar-refractivity contribution in [3.63, 3.8) is 0 Å². The molecule has 1 fully saturated rings. The third-order valence-electron chi connectivity index (χ3n) is 6.41. The molecule has 3 heterocycles. The highest BCUT2D eigenvalue weighted by atomic mass is 32.2. The number of benzene rings is 2. The van der Waals surface area contributed by atoms with E-state index in [4.69, 9.17) is 4.42 Å². The zero-order valence-corrected chi connectivity index (χ0v) is 20.8. The molecule has 1 unspecified atom stereocenters. The summed E-state index contributed by atoms with van der Waals surface area (Å²) in [5.41, 5.74) is 2.45. The van der Waals surface area contributed by atoms with Crippen molar-refractivity contribution in [1.29, 1.82) is 0 Å². The van der Waals surface area contributed by atoms with E-state index in [0.29, 0.717) is 35.1 Å². The normalized spacial score (nSPS) is 16.7. The first-order valence-electron chi connectivity index (χ1n) is 11.9. The predicted molar refractivity (Wildman–Crippen MR) is 133 cm³/mol. The zero-order chi connectivity index (χ0) is 26.9. The molecule has 5 rings (SSSR count).